The van der Waals surface area contributed by atoms with Crippen molar-refractivity contribution >= 4 is 23.3 Å². The molecule has 0 aromatic heterocycles. The fourth-order valence-corrected chi connectivity index (χ4v) is 1.61. The lowest BCUT2D eigenvalue weighted by atomic mass is 10.0. The Morgan fingerprint density at radius 2 is 2.10 bits per heavy atom. The molecule has 0 aliphatic rings. The Morgan fingerprint density at radius 3 is 2.60 bits per heavy atom. The number of nitro benzene ring substituents is 1. The second-order valence-electron chi connectivity index (χ2n) is 4.38. The molecule has 0 radical (unpaired) electrons. The van der Waals surface area contributed by atoms with Crippen LogP contribution in [-0.4, -0.2) is 21.9 Å². The second kappa shape index (κ2) is 6.60. The Hall–Kier alpha value is -2.51. The van der Waals surface area contributed by atoms with Crippen LogP contribution in [0.15, 0.2) is 18.2 Å². The van der Waals surface area contributed by atoms with Crippen molar-refractivity contribution in [3.63, 3.8) is 0 Å². The maximum Gasteiger partial charge on any atom is 0.303 e. The number of nitrogens with zero attached hydrogens (tertiary/aromatic N) is 1. The van der Waals surface area contributed by atoms with E-state index in [0.29, 0.717) is 6.07 Å². The second-order valence-corrected chi connectivity index (χ2v) is 4.38. The molecule has 1 aromatic rings. The quantitative estimate of drug-likeness (QED) is 0.614. The number of anilines is 1. The minimum absolute atomic E-state index is 0.0806. The number of carbonyl (C=O) groups excluding carboxylic acids is 1. The van der Waals surface area contributed by atoms with Crippen LogP contribution in [0.25, 0.3) is 0 Å². The van der Waals surface area contributed by atoms with Gasteiger partial charge in [-0.1, -0.05) is 6.92 Å². The first kappa shape index (κ1) is 15.5. The van der Waals surface area contributed by atoms with Crippen molar-refractivity contribution in [2.45, 2.75) is 19.8 Å². The molecule has 0 aliphatic heterocycles. The SMILES string of the molecule is CC(CC(=O)O)CC(=O)Nc1ccc([N+](=O)[O-])cc1F. The number of non-ortho nitro benzene ring substituents is 1. The molecule has 1 atom stereocenters. The molecule has 8 heteroatoms. The average molecular weight is 284 g/mol. The molecule has 20 heavy (non-hydrogen) atoms. The molecule has 0 heterocycles. The fourth-order valence-electron chi connectivity index (χ4n) is 1.61. The summed E-state index contributed by atoms with van der Waals surface area (Å²) in [5.41, 5.74) is -0.595. The lowest BCUT2D eigenvalue weighted by Crippen LogP contribution is -2.17. The van der Waals surface area contributed by atoms with Crippen molar-refractivity contribution in [3.05, 3.63) is 34.1 Å². The number of nitro groups is 1. The Labute approximate surface area is 113 Å². The monoisotopic (exact) mass is 284 g/mol. The van der Waals surface area contributed by atoms with Gasteiger partial charge in [0.05, 0.1) is 16.7 Å². The van der Waals surface area contributed by atoms with Crippen LogP contribution in [0, 0.1) is 21.8 Å². The molecule has 0 saturated heterocycles. The van der Waals surface area contributed by atoms with E-state index in [0.717, 1.165) is 12.1 Å². The number of rotatable bonds is 6. The molecular weight excluding hydrogens is 271 g/mol. The van der Waals surface area contributed by atoms with Gasteiger partial charge in [0, 0.05) is 18.9 Å². The third-order valence-corrected chi connectivity index (χ3v) is 2.49. The molecule has 7 nitrogen and oxygen atoms in total. The fraction of sp³-hybridized carbons (Fsp3) is 0.333. The summed E-state index contributed by atoms with van der Waals surface area (Å²) in [6.07, 6.45) is -0.251. The van der Waals surface area contributed by atoms with Crippen molar-refractivity contribution in [1.82, 2.24) is 0 Å². The highest BCUT2D eigenvalue weighted by atomic mass is 19.1. The Balaban J connectivity index is 2.67. The smallest absolute Gasteiger partial charge is 0.303 e. The number of hydrogen-bond donors (Lipinski definition) is 2. The molecular formula is C12H13FN2O5. The number of aliphatic carboxylic acids is 1. The summed E-state index contributed by atoms with van der Waals surface area (Å²) >= 11 is 0. The van der Waals surface area contributed by atoms with Crippen LogP contribution >= 0.6 is 0 Å². The highest BCUT2D eigenvalue weighted by Gasteiger charge is 2.15. The van der Waals surface area contributed by atoms with Crippen LogP contribution in [0.2, 0.25) is 0 Å². The Bertz CT molecular complexity index is 547. The van der Waals surface area contributed by atoms with Crippen molar-refractivity contribution in [2.24, 2.45) is 5.92 Å². The van der Waals surface area contributed by atoms with E-state index in [-0.39, 0.29) is 18.5 Å². The van der Waals surface area contributed by atoms with Gasteiger partial charge in [-0.15, -0.1) is 0 Å². The zero-order valence-electron chi connectivity index (χ0n) is 10.6. The van der Waals surface area contributed by atoms with E-state index >= 15 is 0 Å². The molecule has 0 saturated carbocycles. The molecule has 0 bridgehead atoms. The minimum Gasteiger partial charge on any atom is -0.481 e. The van der Waals surface area contributed by atoms with E-state index in [2.05, 4.69) is 5.32 Å². The van der Waals surface area contributed by atoms with Crippen LogP contribution in [0.4, 0.5) is 15.8 Å². The first-order valence-electron chi connectivity index (χ1n) is 5.75. The summed E-state index contributed by atoms with van der Waals surface area (Å²) in [5, 5.41) is 21.2. The van der Waals surface area contributed by atoms with Crippen molar-refractivity contribution in [1.29, 1.82) is 0 Å². The van der Waals surface area contributed by atoms with Gasteiger partial charge >= 0.3 is 5.97 Å². The number of nitrogens with one attached hydrogen (secondary N) is 1. The molecule has 0 aliphatic carbocycles. The zero-order chi connectivity index (χ0) is 15.3. The van der Waals surface area contributed by atoms with Crippen LogP contribution in [-0.2, 0) is 9.59 Å². The van der Waals surface area contributed by atoms with E-state index in [1.165, 1.54) is 0 Å². The van der Waals surface area contributed by atoms with Crippen LogP contribution in [0.5, 0.6) is 0 Å². The van der Waals surface area contributed by atoms with Crippen molar-refractivity contribution in [3.8, 4) is 0 Å². The van der Waals surface area contributed by atoms with Gasteiger partial charge in [-0.3, -0.25) is 19.7 Å². The number of amides is 1. The van der Waals surface area contributed by atoms with Crippen molar-refractivity contribution in [2.75, 3.05) is 5.32 Å². The van der Waals surface area contributed by atoms with Gasteiger partial charge in [-0.05, 0) is 12.0 Å². The molecule has 108 valence electrons. The number of carboxylic acid groups (broad SMARTS) is 1. The van der Waals surface area contributed by atoms with E-state index < -0.39 is 34.2 Å². The molecule has 1 aromatic carbocycles. The Morgan fingerprint density at radius 1 is 1.45 bits per heavy atom. The van der Waals surface area contributed by atoms with Gasteiger partial charge in [0.2, 0.25) is 5.91 Å². The number of hydrogen-bond acceptors (Lipinski definition) is 4. The number of carbonyl (C=O) groups is 2. The summed E-state index contributed by atoms with van der Waals surface area (Å²) < 4.78 is 13.5. The molecule has 1 rings (SSSR count). The Kier molecular flexibility index (Phi) is 5.13. The maximum atomic E-state index is 13.5. The van der Waals surface area contributed by atoms with Gasteiger partial charge in [0.25, 0.3) is 5.69 Å². The first-order valence-corrected chi connectivity index (χ1v) is 5.75. The van der Waals surface area contributed by atoms with Crippen LogP contribution in [0.3, 0.4) is 0 Å². The summed E-state index contributed by atoms with van der Waals surface area (Å²) in [5.74, 6) is -2.88. The van der Waals surface area contributed by atoms with Gasteiger partial charge < -0.3 is 10.4 Å². The van der Waals surface area contributed by atoms with Gasteiger partial charge in [0.15, 0.2) is 5.82 Å². The maximum absolute atomic E-state index is 13.5. The summed E-state index contributed by atoms with van der Waals surface area (Å²) in [7, 11) is 0. The lowest BCUT2D eigenvalue weighted by Gasteiger charge is -2.09. The van der Waals surface area contributed by atoms with Crippen LogP contribution in [0.1, 0.15) is 19.8 Å². The predicted octanol–water partition coefficient (Wildman–Crippen LogP) is 2.17. The highest BCUT2D eigenvalue weighted by molar-refractivity contribution is 5.91. The van der Waals surface area contributed by atoms with Crippen LogP contribution < -0.4 is 5.32 Å². The molecule has 0 spiro atoms. The molecule has 2 N–H and O–H groups in total. The minimum atomic E-state index is -1.02. The summed E-state index contributed by atoms with van der Waals surface area (Å²) in [4.78, 5) is 31.7. The molecule has 0 fully saturated rings. The number of benzene rings is 1. The molecule has 1 unspecified atom stereocenters. The zero-order valence-corrected chi connectivity index (χ0v) is 10.6. The van der Waals surface area contributed by atoms with E-state index in [4.69, 9.17) is 5.11 Å². The lowest BCUT2D eigenvalue weighted by molar-refractivity contribution is -0.385. The van der Waals surface area contributed by atoms with Gasteiger partial charge in [-0.2, -0.15) is 0 Å². The van der Waals surface area contributed by atoms with E-state index in [1.54, 1.807) is 6.92 Å². The first-order chi connectivity index (χ1) is 9.29. The van der Waals surface area contributed by atoms with Gasteiger partial charge in [-0.25, -0.2) is 4.39 Å². The third kappa shape index (κ3) is 4.63. The predicted molar refractivity (Wildman–Crippen MR) is 67.7 cm³/mol. The number of carboxylic acids is 1. The summed E-state index contributed by atoms with van der Waals surface area (Å²) in [6.45, 7) is 1.58. The third-order valence-electron chi connectivity index (χ3n) is 2.49. The van der Waals surface area contributed by atoms with Gasteiger partial charge in [0.1, 0.15) is 0 Å². The standard InChI is InChI=1S/C12H13FN2O5/c1-7(5-12(17)18)4-11(16)14-10-3-2-8(15(19)20)6-9(10)13/h2-3,6-7H,4-5H2,1H3,(H,14,16)(H,17,18). The van der Waals surface area contributed by atoms with E-state index in [1.807, 2.05) is 0 Å². The molecule has 1 amide bonds. The van der Waals surface area contributed by atoms with E-state index in [9.17, 15) is 24.1 Å². The summed E-state index contributed by atoms with van der Waals surface area (Å²) in [6, 6.07) is 2.86. The highest BCUT2D eigenvalue weighted by Crippen LogP contribution is 2.21. The topological polar surface area (TPSA) is 110 Å². The largest absolute Gasteiger partial charge is 0.481 e. The normalized spacial score (nSPS) is 11.7. The average Bonchev–Trinajstić information content (AvgIpc) is 2.30. The number of halogens is 1. The van der Waals surface area contributed by atoms with Crippen molar-refractivity contribution < 1.29 is 24.0 Å².